The first-order valence-corrected chi connectivity index (χ1v) is 3.85. The van der Waals surface area contributed by atoms with Crippen molar-refractivity contribution in [2.45, 2.75) is 0 Å². The van der Waals surface area contributed by atoms with Gasteiger partial charge in [-0.2, -0.15) is 0 Å². The van der Waals surface area contributed by atoms with Crippen molar-refractivity contribution in [2.75, 3.05) is 7.11 Å². The number of ether oxygens (including phenoxy) is 1. The minimum atomic E-state index is -1.52. The summed E-state index contributed by atoms with van der Waals surface area (Å²) in [4.78, 5) is 10.6. The molecule has 0 heterocycles. The summed E-state index contributed by atoms with van der Waals surface area (Å²) in [5.74, 6) is -3.44. The lowest BCUT2D eigenvalue weighted by Crippen LogP contribution is -2.01. The van der Waals surface area contributed by atoms with E-state index in [0.29, 0.717) is 0 Å². The molecule has 0 aliphatic heterocycles. The van der Waals surface area contributed by atoms with Crippen molar-refractivity contribution in [3.63, 3.8) is 0 Å². The molecule has 0 aliphatic rings. The number of carboxylic acid groups (broad SMARTS) is 1. The molecule has 0 spiro atoms. The van der Waals surface area contributed by atoms with Gasteiger partial charge in [0.25, 0.3) is 0 Å². The predicted octanol–water partition coefficient (Wildman–Crippen LogP) is 1.89. The van der Waals surface area contributed by atoms with Gasteiger partial charge in [0.15, 0.2) is 11.5 Å². The molecule has 0 unspecified atom stereocenters. The minimum absolute atomic E-state index is 0.274. The van der Waals surface area contributed by atoms with Gasteiger partial charge in [-0.3, -0.25) is 0 Å². The number of carbonyl (C=O) groups is 1. The Morgan fingerprint density at radius 2 is 2.21 bits per heavy atom. The van der Waals surface area contributed by atoms with Crippen LogP contribution >= 0.6 is 11.6 Å². The van der Waals surface area contributed by atoms with Gasteiger partial charge in [-0.05, 0) is 0 Å². The average molecular weight is 221 g/mol. The summed E-state index contributed by atoms with van der Waals surface area (Å²) < 4.78 is 17.5. The Labute approximate surface area is 83.5 Å². The van der Waals surface area contributed by atoms with E-state index in [2.05, 4.69) is 4.74 Å². The fourth-order valence-electron chi connectivity index (χ4n) is 0.944. The first-order valence-electron chi connectivity index (χ1n) is 3.47. The first-order chi connectivity index (χ1) is 6.49. The number of benzene rings is 1. The maximum Gasteiger partial charge on any atom is 0.341 e. The summed E-state index contributed by atoms with van der Waals surface area (Å²) in [6.07, 6.45) is 0. The van der Waals surface area contributed by atoms with Gasteiger partial charge in [0, 0.05) is 6.07 Å². The number of halogens is 2. The normalized spacial score (nSPS) is 9.93. The highest BCUT2D eigenvalue weighted by atomic mass is 35.5. The maximum absolute atomic E-state index is 13.0. The van der Waals surface area contributed by atoms with Crippen molar-refractivity contribution in [3.05, 3.63) is 22.5 Å². The number of aromatic carboxylic acids is 1. The molecule has 0 amide bonds. The largest absolute Gasteiger partial charge is 0.504 e. The molecular weight excluding hydrogens is 215 g/mol. The molecule has 76 valence electrons. The maximum atomic E-state index is 13.0. The lowest BCUT2D eigenvalue weighted by Gasteiger charge is -2.08. The van der Waals surface area contributed by atoms with E-state index in [-0.39, 0.29) is 5.75 Å². The van der Waals surface area contributed by atoms with Gasteiger partial charge in [-0.1, -0.05) is 11.6 Å². The topological polar surface area (TPSA) is 66.8 Å². The Morgan fingerprint density at radius 1 is 1.64 bits per heavy atom. The zero-order valence-corrected chi connectivity index (χ0v) is 7.80. The lowest BCUT2D eigenvalue weighted by atomic mass is 10.2. The van der Waals surface area contributed by atoms with Crippen molar-refractivity contribution >= 4 is 17.6 Å². The Hall–Kier alpha value is -1.49. The molecular formula is C8H6ClFO4. The highest BCUT2D eigenvalue weighted by Gasteiger charge is 2.22. The van der Waals surface area contributed by atoms with Crippen LogP contribution in [0, 0.1) is 5.82 Å². The van der Waals surface area contributed by atoms with Crippen molar-refractivity contribution in [2.24, 2.45) is 0 Å². The monoisotopic (exact) mass is 220 g/mol. The Kier molecular flexibility index (Phi) is 2.81. The fraction of sp³-hybridized carbons (Fsp3) is 0.125. The zero-order valence-electron chi connectivity index (χ0n) is 7.04. The van der Waals surface area contributed by atoms with Gasteiger partial charge in [0.2, 0.25) is 0 Å². The summed E-state index contributed by atoms with van der Waals surface area (Å²) in [6.45, 7) is 0. The van der Waals surface area contributed by atoms with Crippen LogP contribution in [0.2, 0.25) is 5.02 Å². The molecule has 0 aromatic heterocycles. The molecule has 0 aliphatic carbocycles. The number of carboxylic acids is 1. The molecule has 1 aromatic rings. The summed E-state index contributed by atoms with van der Waals surface area (Å²) in [6, 6.07) is 0.810. The second kappa shape index (κ2) is 3.71. The number of rotatable bonds is 2. The van der Waals surface area contributed by atoms with Crippen LogP contribution in [-0.2, 0) is 0 Å². The molecule has 0 radical (unpaired) electrons. The first kappa shape index (κ1) is 10.6. The van der Waals surface area contributed by atoms with Crippen molar-refractivity contribution in [1.82, 2.24) is 0 Å². The minimum Gasteiger partial charge on any atom is -0.504 e. The van der Waals surface area contributed by atoms with Crippen LogP contribution in [0.3, 0.4) is 0 Å². The van der Waals surface area contributed by atoms with Crippen LogP contribution in [0.15, 0.2) is 6.07 Å². The molecule has 6 heteroatoms. The third kappa shape index (κ3) is 1.58. The van der Waals surface area contributed by atoms with Crippen molar-refractivity contribution < 1.29 is 24.1 Å². The third-order valence-corrected chi connectivity index (χ3v) is 1.96. The van der Waals surface area contributed by atoms with Crippen LogP contribution < -0.4 is 4.74 Å². The zero-order chi connectivity index (χ0) is 10.9. The number of methoxy groups -OCH3 is 1. The molecule has 4 nitrogen and oxygen atoms in total. The van der Waals surface area contributed by atoms with Crippen molar-refractivity contribution in [1.29, 1.82) is 0 Å². The molecule has 0 fully saturated rings. The molecule has 14 heavy (non-hydrogen) atoms. The van der Waals surface area contributed by atoms with Crippen LogP contribution in [0.25, 0.3) is 0 Å². The summed E-state index contributed by atoms with van der Waals surface area (Å²) in [7, 11) is 1.17. The van der Waals surface area contributed by atoms with Crippen LogP contribution in [-0.4, -0.2) is 23.3 Å². The van der Waals surface area contributed by atoms with Crippen molar-refractivity contribution in [3.8, 4) is 11.5 Å². The van der Waals surface area contributed by atoms with Gasteiger partial charge in [-0.25, -0.2) is 9.18 Å². The predicted molar refractivity (Wildman–Crippen MR) is 46.6 cm³/mol. The Morgan fingerprint density at radius 3 is 2.64 bits per heavy atom. The van der Waals surface area contributed by atoms with Crippen LogP contribution in [0.1, 0.15) is 10.4 Å². The Bertz CT molecular complexity index is 391. The molecule has 1 aromatic carbocycles. The molecule has 1 rings (SSSR count). The van der Waals surface area contributed by atoms with E-state index in [1.807, 2.05) is 0 Å². The second-order valence-corrected chi connectivity index (χ2v) is 2.78. The summed E-state index contributed by atoms with van der Waals surface area (Å²) in [5.41, 5.74) is -0.705. The molecule has 0 saturated carbocycles. The van der Waals surface area contributed by atoms with Crippen LogP contribution in [0.4, 0.5) is 4.39 Å². The van der Waals surface area contributed by atoms with Gasteiger partial charge < -0.3 is 14.9 Å². The van der Waals surface area contributed by atoms with Gasteiger partial charge >= 0.3 is 5.97 Å². The van der Waals surface area contributed by atoms with Gasteiger partial charge in [0.05, 0.1) is 12.1 Å². The van der Waals surface area contributed by atoms with E-state index in [0.717, 1.165) is 6.07 Å². The standard InChI is InChI=1S/C8H6ClFO4/c1-14-4-2-3(10)6(9)5(7(4)11)8(12)13/h2,11H,1H3,(H,12,13). The molecule has 0 atom stereocenters. The molecule has 2 N–H and O–H groups in total. The number of aromatic hydroxyl groups is 1. The molecule has 0 bridgehead atoms. The smallest absolute Gasteiger partial charge is 0.341 e. The highest BCUT2D eigenvalue weighted by Crippen LogP contribution is 2.36. The third-order valence-electron chi connectivity index (χ3n) is 1.59. The Balaban J connectivity index is 3.53. The fourth-order valence-corrected chi connectivity index (χ4v) is 1.17. The highest BCUT2D eigenvalue weighted by molar-refractivity contribution is 6.34. The van der Waals surface area contributed by atoms with Crippen LogP contribution in [0.5, 0.6) is 11.5 Å². The van der Waals surface area contributed by atoms with E-state index < -0.39 is 28.1 Å². The van der Waals surface area contributed by atoms with E-state index in [4.69, 9.17) is 16.7 Å². The number of phenols is 1. The quantitative estimate of drug-likeness (QED) is 0.799. The van der Waals surface area contributed by atoms with E-state index >= 15 is 0 Å². The van der Waals surface area contributed by atoms with E-state index in [1.54, 1.807) is 0 Å². The van der Waals surface area contributed by atoms with Gasteiger partial charge in [-0.15, -0.1) is 0 Å². The lowest BCUT2D eigenvalue weighted by molar-refractivity contribution is 0.0692. The molecule has 0 saturated heterocycles. The summed E-state index contributed by atoms with van der Waals surface area (Å²) >= 11 is 5.35. The van der Waals surface area contributed by atoms with Gasteiger partial charge in [0.1, 0.15) is 11.4 Å². The van der Waals surface area contributed by atoms with E-state index in [1.165, 1.54) is 7.11 Å². The van der Waals surface area contributed by atoms with E-state index in [9.17, 15) is 14.3 Å². The number of hydrogen-bond donors (Lipinski definition) is 2. The summed E-state index contributed by atoms with van der Waals surface area (Å²) in [5, 5.41) is 17.3. The number of hydrogen-bond acceptors (Lipinski definition) is 3. The second-order valence-electron chi connectivity index (χ2n) is 2.40. The average Bonchev–Trinajstić information content (AvgIpc) is 2.11. The SMILES string of the molecule is COc1cc(F)c(Cl)c(C(=O)O)c1O.